The molecule has 0 spiro atoms. The molecule has 1 heteroatoms. The number of aryl methyl sites for hydroxylation is 3. The van der Waals surface area contributed by atoms with Crippen LogP contribution in [-0.2, 0) is 19.3 Å². The number of benzene rings is 1. The maximum atomic E-state index is 3.24. The van der Waals surface area contributed by atoms with Crippen molar-refractivity contribution in [2.45, 2.75) is 51.9 Å². The van der Waals surface area contributed by atoms with Gasteiger partial charge in [0.2, 0.25) is 0 Å². The summed E-state index contributed by atoms with van der Waals surface area (Å²) in [4.78, 5) is 0. The van der Waals surface area contributed by atoms with E-state index >= 15 is 0 Å². The summed E-state index contributed by atoms with van der Waals surface area (Å²) in [6.07, 6.45) is 9.23. The van der Waals surface area contributed by atoms with Crippen molar-refractivity contribution in [3.8, 4) is 0 Å². The lowest BCUT2D eigenvalue weighted by Gasteiger charge is -2.17. The highest BCUT2D eigenvalue weighted by atomic mass is 14.8. The summed E-state index contributed by atoms with van der Waals surface area (Å²) in [5.74, 6) is 0.827. The van der Waals surface area contributed by atoms with E-state index in [2.05, 4.69) is 30.4 Å². The Bertz CT molecular complexity index is 370. The minimum absolute atomic E-state index is 0.827. The molecule has 1 aromatic rings. The van der Waals surface area contributed by atoms with Crippen molar-refractivity contribution < 1.29 is 0 Å². The van der Waals surface area contributed by atoms with E-state index in [0.29, 0.717) is 0 Å². The van der Waals surface area contributed by atoms with Crippen LogP contribution in [-0.4, -0.2) is 13.6 Å². The van der Waals surface area contributed by atoms with Gasteiger partial charge in [-0.05, 0) is 81.1 Å². The van der Waals surface area contributed by atoms with E-state index in [1.165, 1.54) is 44.9 Å². The first-order chi connectivity index (χ1) is 8.79. The van der Waals surface area contributed by atoms with Gasteiger partial charge in [-0.1, -0.05) is 25.1 Å². The van der Waals surface area contributed by atoms with Crippen LogP contribution in [0.15, 0.2) is 18.2 Å². The average molecular weight is 245 g/mol. The fourth-order valence-corrected chi connectivity index (χ4v) is 2.89. The van der Waals surface area contributed by atoms with Gasteiger partial charge >= 0.3 is 0 Å². The number of nitrogens with one attached hydrogen (secondary N) is 1. The highest BCUT2D eigenvalue weighted by Crippen LogP contribution is 2.23. The molecule has 1 atom stereocenters. The van der Waals surface area contributed by atoms with Crippen LogP contribution in [0.3, 0.4) is 0 Å². The number of fused-ring (bicyclic) bond motifs is 1. The van der Waals surface area contributed by atoms with Gasteiger partial charge in [-0.25, -0.2) is 0 Å². The molecule has 0 amide bonds. The molecular formula is C17H27N. The minimum Gasteiger partial charge on any atom is -0.320 e. The summed E-state index contributed by atoms with van der Waals surface area (Å²) in [5.41, 5.74) is 4.78. The molecule has 1 aliphatic rings. The molecule has 1 aromatic carbocycles. The third kappa shape index (κ3) is 3.84. The standard InChI is InChI=1S/C17H27N/c1-14(11-12-18-2)7-8-15-9-10-16-5-3-4-6-17(16)13-15/h9-10,13-14,18H,3-8,11-12H2,1-2H3. The maximum absolute atomic E-state index is 3.24. The van der Waals surface area contributed by atoms with Crippen LogP contribution in [0.1, 0.15) is 49.3 Å². The lowest BCUT2D eigenvalue weighted by atomic mass is 9.89. The van der Waals surface area contributed by atoms with Crippen LogP contribution in [0.2, 0.25) is 0 Å². The first-order valence-corrected chi connectivity index (χ1v) is 7.55. The smallest absolute Gasteiger partial charge is 0.00494 e. The zero-order valence-electron chi connectivity index (χ0n) is 12.0. The summed E-state index contributed by atoms with van der Waals surface area (Å²) in [6, 6.07) is 7.20. The molecule has 1 N–H and O–H groups in total. The van der Waals surface area contributed by atoms with Gasteiger partial charge < -0.3 is 5.32 Å². The summed E-state index contributed by atoms with van der Waals surface area (Å²) in [7, 11) is 2.04. The molecule has 0 bridgehead atoms. The van der Waals surface area contributed by atoms with Crippen molar-refractivity contribution in [1.29, 1.82) is 0 Å². The first-order valence-electron chi connectivity index (χ1n) is 7.55. The van der Waals surface area contributed by atoms with E-state index in [9.17, 15) is 0 Å². The second-order valence-corrected chi connectivity index (χ2v) is 5.85. The molecule has 100 valence electrons. The van der Waals surface area contributed by atoms with E-state index in [-0.39, 0.29) is 0 Å². The molecule has 0 fully saturated rings. The lowest BCUT2D eigenvalue weighted by molar-refractivity contribution is 0.481. The van der Waals surface area contributed by atoms with Gasteiger partial charge in [-0.15, -0.1) is 0 Å². The SMILES string of the molecule is CNCCC(C)CCc1ccc2c(c1)CCCC2. The molecule has 0 saturated carbocycles. The quantitative estimate of drug-likeness (QED) is 0.805. The Morgan fingerprint density at radius 2 is 1.89 bits per heavy atom. The normalized spacial score (nSPS) is 16.3. The molecule has 1 nitrogen and oxygen atoms in total. The van der Waals surface area contributed by atoms with E-state index in [4.69, 9.17) is 0 Å². The van der Waals surface area contributed by atoms with Crippen LogP contribution in [0.25, 0.3) is 0 Å². The third-order valence-corrected chi connectivity index (χ3v) is 4.23. The Kier molecular flexibility index (Phi) is 5.25. The molecule has 18 heavy (non-hydrogen) atoms. The van der Waals surface area contributed by atoms with Gasteiger partial charge in [0.1, 0.15) is 0 Å². The monoisotopic (exact) mass is 245 g/mol. The van der Waals surface area contributed by atoms with E-state index in [1.807, 2.05) is 7.05 Å². The lowest BCUT2D eigenvalue weighted by Crippen LogP contribution is -2.12. The third-order valence-electron chi connectivity index (χ3n) is 4.23. The Balaban J connectivity index is 1.86. The summed E-state index contributed by atoms with van der Waals surface area (Å²) in [5, 5.41) is 3.24. The molecule has 0 heterocycles. The molecular weight excluding hydrogens is 218 g/mol. The zero-order chi connectivity index (χ0) is 12.8. The van der Waals surface area contributed by atoms with E-state index in [1.54, 1.807) is 16.7 Å². The van der Waals surface area contributed by atoms with Crippen molar-refractivity contribution in [2.24, 2.45) is 5.92 Å². The van der Waals surface area contributed by atoms with Crippen LogP contribution in [0.4, 0.5) is 0 Å². The summed E-state index contributed by atoms with van der Waals surface area (Å²) < 4.78 is 0. The predicted molar refractivity (Wildman–Crippen MR) is 79.1 cm³/mol. The van der Waals surface area contributed by atoms with Crippen molar-refractivity contribution in [3.05, 3.63) is 34.9 Å². The molecule has 1 aliphatic carbocycles. The topological polar surface area (TPSA) is 12.0 Å². The fourth-order valence-electron chi connectivity index (χ4n) is 2.89. The molecule has 0 radical (unpaired) electrons. The predicted octanol–water partition coefficient (Wildman–Crippen LogP) is 3.74. The van der Waals surface area contributed by atoms with Crippen LogP contribution in [0, 0.1) is 5.92 Å². The van der Waals surface area contributed by atoms with Crippen molar-refractivity contribution in [3.63, 3.8) is 0 Å². The van der Waals surface area contributed by atoms with Gasteiger partial charge in [0, 0.05) is 0 Å². The van der Waals surface area contributed by atoms with Crippen LogP contribution < -0.4 is 5.32 Å². The summed E-state index contributed by atoms with van der Waals surface area (Å²) in [6.45, 7) is 3.51. The van der Waals surface area contributed by atoms with Crippen LogP contribution >= 0.6 is 0 Å². The second kappa shape index (κ2) is 6.94. The first kappa shape index (κ1) is 13.6. The fraction of sp³-hybridized carbons (Fsp3) is 0.647. The molecule has 0 aliphatic heterocycles. The highest BCUT2D eigenvalue weighted by molar-refractivity contribution is 5.33. The van der Waals surface area contributed by atoms with Gasteiger partial charge in [-0.2, -0.15) is 0 Å². The Hall–Kier alpha value is -0.820. The number of rotatable bonds is 6. The van der Waals surface area contributed by atoms with Gasteiger partial charge in [-0.3, -0.25) is 0 Å². The maximum Gasteiger partial charge on any atom is -0.00494 e. The Morgan fingerprint density at radius 3 is 2.67 bits per heavy atom. The van der Waals surface area contributed by atoms with Crippen molar-refractivity contribution in [2.75, 3.05) is 13.6 Å². The molecule has 0 saturated heterocycles. The Morgan fingerprint density at radius 1 is 1.11 bits per heavy atom. The van der Waals surface area contributed by atoms with Gasteiger partial charge in [0.25, 0.3) is 0 Å². The summed E-state index contributed by atoms with van der Waals surface area (Å²) >= 11 is 0. The molecule has 0 aromatic heterocycles. The van der Waals surface area contributed by atoms with Gasteiger partial charge in [0.15, 0.2) is 0 Å². The molecule has 1 unspecified atom stereocenters. The van der Waals surface area contributed by atoms with E-state index < -0.39 is 0 Å². The number of hydrogen-bond donors (Lipinski definition) is 1. The molecule has 2 rings (SSSR count). The Labute approximate surface area is 112 Å². The number of hydrogen-bond acceptors (Lipinski definition) is 1. The van der Waals surface area contributed by atoms with Gasteiger partial charge in [0.05, 0.1) is 0 Å². The highest BCUT2D eigenvalue weighted by Gasteiger charge is 2.10. The van der Waals surface area contributed by atoms with Crippen molar-refractivity contribution >= 4 is 0 Å². The van der Waals surface area contributed by atoms with E-state index in [0.717, 1.165) is 12.5 Å². The van der Waals surface area contributed by atoms with Crippen LogP contribution in [0.5, 0.6) is 0 Å². The average Bonchev–Trinajstić information content (AvgIpc) is 2.42. The van der Waals surface area contributed by atoms with Crippen molar-refractivity contribution in [1.82, 2.24) is 5.32 Å². The zero-order valence-corrected chi connectivity index (χ0v) is 12.0. The largest absolute Gasteiger partial charge is 0.320 e. The minimum atomic E-state index is 0.827. The second-order valence-electron chi connectivity index (χ2n) is 5.85.